The lowest BCUT2D eigenvalue weighted by atomic mass is 9.99. The van der Waals surface area contributed by atoms with Crippen LogP contribution < -0.4 is 11.1 Å². The molecule has 5 N–H and O–H groups in total. The molecular weight excluding hydrogens is 330 g/mol. The third-order valence-corrected chi connectivity index (χ3v) is 4.92. The van der Waals surface area contributed by atoms with Gasteiger partial charge in [0.15, 0.2) is 6.04 Å². The molecule has 2 aliphatic heterocycles. The standard InChI is InChI=1S/C15H19N5O5/c16-9(4-8-6-17-7-18-8)13(22)20(3-1-2-11(20)15(24)25)14(23)10-5-12(21)19-10/h6-7,9-11H,1-5,16H2,(H2-,17,18,19,21,24,25)/p+1/t9-,10?,11-,20?/m0/s1. The van der Waals surface area contributed by atoms with E-state index in [4.69, 9.17) is 5.73 Å². The minimum Gasteiger partial charge on any atom is -0.477 e. The van der Waals surface area contributed by atoms with Crippen LogP contribution in [-0.4, -0.2) is 67.9 Å². The van der Waals surface area contributed by atoms with Crippen molar-refractivity contribution in [2.75, 3.05) is 6.54 Å². The predicted octanol–water partition coefficient (Wildman–Crippen LogP) is -1.71. The van der Waals surface area contributed by atoms with Crippen LogP contribution in [0.2, 0.25) is 0 Å². The summed E-state index contributed by atoms with van der Waals surface area (Å²) in [5, 5.41) is 12.0. The molecule has 10 nitrogen and oxygen atoms in total. The molecule has 10 heteroatoms. The molecule has 0 bridgehead atoms. The van der Waals surface area contributed by atoms with Gasteiger partial charge in [-0.2, -0.15) is 4.48 Å². The van der Waals surface area contributed by atoms with E-state index in [0.717, 1.165) is 0 Å². The van der Waals surface area contributed by atoms with Gasteiger partial charge >= 0.3 is 17.8 Å². The van der Waals surface area contributed by atoms with Gasteiger partial charge in [-0.05, 0) is 0 Å². The maximum absolute atomic E-state index is 13.1. The first-order chi connectivity index (χ1) is 11.9. The summed E-state index contributed by atoms with van der Waals surface area (Å²) >= 11 is 0. The van der Waals surface area contributed by atoms with Crippen molar-refractivity contribution in [3.8, 4) is 0 Å². The van der Waals surface area contributed by atoms with Crippen molar-refractivity contribution in [3.05, 3.63) is 18.2 Å². The zero-order chi connectivity index (χ0) is 18.2. The number of aromatic amines is 1. The highest BCUT2D eigenvalue weighted by Crippen LogP contribution is 2.32. The number of hydrogen-bond donors (Lipinski definition) is 4. The number of aliphatic carboxylic acids is 1. The Bertz CT molecular complexity index is 710. The Labute approximate surface area is 143 Å². The first-order valence-corrected chi connectivity index (χ1v) is 8.08. The highest BCUT2D eigenvalue weighted by Gasteiger charge is 2.61. The number of H-pyrrole nitrogens is 1. The second kappa shape index (κ2) is 6.37. The van der Waals surface area contributed by atoms with E-state index in [-0.39, 0.29) is 31.7 Å². The largest absolute Gasteiger partial charge is 0.477 e. The summed E-state index contributed by atoms with van der Waals surface area (Å²) in [6.45, 7) is 0.0786. The number of carboxylic acids is 1. The molecule has 0 saturated carbocycles. The van der Waals surface area contributed by atoms with E-state index in [1.54, 1.807) is 6.20 Å². The van der Waals surface area contributed by atoms with Crippen LogP contribution in [0, 0.1) is 0 Å². The van der Waals surface area contributed by atoms with Gasteiger partial charge in [0.2, 0.25) is 11.9 Å². The van der Waals surface area contributed by atoms with Crippen LogP contribution in [0.4, 0.5) is 0 Å². The van der Waals surface area contributed by atoms with Crippen molar-refractivity contribution in [2.45, 2.75) is 43.8 Å². The van der Waals surface area contributed by atoms with Gasteiger partial charge in [0.1, 0.15) is 6.04 Å². The quantitative estimate of drug-likeness (QED) is 0.364. The number of carbonyl (C=O) groups is 4. The SMILES string of the molecule is N[C@@H](Cc1c[nH]cn1)C(=O)[N+]1(C(=O)C2CC(=O)N2)CCC[C@H]1C(=O)O. The number of aromatic nitrogens is 2. The van der Waals surface area contributed by atoms with Crippen LogP contribution >= 0.6 is 0 Å². The van der Waals surface area contributed by atoms with E-state index in [1.807, 2.05) is 0 Å². The molecular formula is C15H20N5O5+. The Morgan fingerprint density at radius 1 is 1.44 bits per heavy atom. The van der Waals surface area contributed by atoms with Gasteiger partial charge in [0.05, 0.1) is 25.0 Å². The van der Waals surface area contributed by atoms with Crippen molar-refractivity contribution in [2.24, 2.45) is 5.73 Å². The number of quaternary nitrogens is 1. The maximum Gasteiger partial charge on any atom is 0.363 e. The van der Waals surface area contributed by atoms with E-state index in [2.05, 4.69) is 15.3 Å². The van der Waals surface area contributed by atoms with Crippen LogP contribution in [0.5, 0.6) is 0 Å². The Kier molecular flexibility index (Phi) is 4.39. The lowest BCUT2D eigenvalue weighted by Gasteiger charge is -2.38. The monoisotopic (exact) mass is 350 g/mol. The molecule has 2 unspecified atom stereocenters. The van der Waals surface area contributed by atoms with Crippen LogP contribution in [0.3, 0.4) is 0 Å². The zero-order valence-electron chi connectivity index (χ0n) is 13.5. The fraction of sp³-hybridized carbons (Fsp3) is 0.533. The lowest BCUT2D eigenvalue weighted by Crippen LogP contribution is -2.72. The second-order valence-corrected chi connectivity index (χ2v) is 6.46. The lowest BCUT2D eigenvalue weighted by molar-refractivity contribution is -0.784. The summed E-state index contributed by atoms with van der Waals surface area (Å²) in [6, 6.07) is -3.08. The summed E-state index contributed by atoms with van der Waals surface area (Å²) in [6.07, 6.45) is 3.73. The van der Waals surface area contributed by atoms with E-state index in [0.29, 0.717) is 12.1 Å². The number of nitrogens with zero attached hydrogens (tertiary/aromatic N) is 2. The molecule has 3 heterocycles. The minimum atomic E-state index is -1.21. The number of rotatable bonds is 5. The number of β-lactam (4-membered cyclic amide) rings is 1. The normalized spacial score (nSPS) is 29.6. The molecule has 0 aromatic carbocycles. The van der Waals surface area contributed by atoms with Gasteiger partial charge in [-0.25, -0.2) is 19.4 Å². The van der Waals surface area contributed by atoms with E-state index >= 15 is 0 Å². The number of imidazole rings is 1. The van der Waals surface area contributed by atoms with Crippen molar-refractivity contribution < 1.29 is 28.8 Å². The molecule has 2 saturated heterocycles. The molecule has 2 aliphatic rings. The Morgan fingerprint density at radius 3 is 2.72 bits per heavy atom. The minimum absolute atomic E-state index is 0.0347. The first-order valence-electron chi connectivity index (χ1n) is 8.08. The molecule has 2 fully saturated rings. The number of nitrogens with one attached hydrogen (secondary N) is 2. The molecule has 1 aromatic rings. The summed E-state index contributed by atoms with van der Waals surface area (Å²) < 4.78 is -0.841. The summed E-state index contributed by atoms with van der Waals surface area (Å²) in [5.74, 6) is -2.74. The van der Waals surface area contributed by atoms with Crippen LogP contribution in [0.15, 0.2) is 12.5 Å². The number of imide groups is 1. The van der Waals surface area contributed by atoms with Crippen molar-refractivity contribution in [1.29, 1.82) is 0 Å². The molecule has 1 aromatic heterocycles. The molecule has 25 heavy (non-hydrogen) atoms. The number of hydrogen-bond acceptors (Lipinski definition) is 6. The van der Waals surface area contributed by atoms with Gasteiger partial charge in [-0.15, -0.1) is 0 Å². The molecule has 4 atom stereocenters. The number of carbonyl (C=O) groups excluding carboxylic acids is 3. The van der Waals surface area contributed by atoms with Gasteiger partial charge in [0, 0.05) is 25.5 Å². The molecule has 3 rings (SSSR count). The van der Waals surface area contributed by atoms with Crippen LogP contribution in [0.25, 0.3) is 0 Å². The number of nitrogens with two attached hydrogens (primary N) is 1. The molecule has 0 radical (unpaired) electrons. The summed E-state index contributed by atoms with van der Waals surface area (Å²) in [5.41, 5.74) is 6.56. The van der Waals surface area contributed by atoms with Gasteiger partial charge < -0.3 is 21.1 Å². The fourth-order valence-electron chi connectivity index (χ4n) is 3.66. The van der Waals surface area contributed by atoms with Gasteiger partial charge in [-0.3, -0.25) is 4.79 Å². The van der Waals surface area contributed by atoms with Gasteiger partial charge in [-0.1, -0.05) is 0 Å². The predicted molar refractivity (Wildman–Crippen MR) is 82.6 cm³/mol. The topological polar surface area (TPSA) is 155 Å². The van der Waals surface area contributed by atoms with E-state index in [9.17, 15) is 24.3 Å². The summed E-state index contributed by atoms with van der Waals surface area (Å²) in [4.78, 5) is 55.7. The molecule has 134 valence electrons. The smallest absolute Gasteiger partial charge is 0.363 e. The second-order valence-electron chi connectivity index (χ2n) is 6.46. The Morgan fingerprint density at radius 2 is 2.16 bits per heavy atom. The van der Waals surface area contributed by atoms with E-state index < -0.39 is 40.4 Å². The molecule has 0 aliphatic carbocycles. The van der Waals surface area contributed by atoms with Crippen LogP contribution in [-0.2, 0) is 25.6 Å². The zero-order valence-corrected chi connectivity index (χ0v) is 13.5. The van der Waals surface area contributed by atoms with Crippen molar-refractivity contribution >= 4 is 23.7 Å². The van der Waals surface area contributed by atoms with E-state index in [1.165, 1.54) is 6.33 Å². The average molecular weight is 350 g/mol. The highest BCUT2D eigenvalue weighted by atomic mass is 16.4. The van der Waals surface area contributed by atoms with Crippen molar-refractivity contribution in [3.63, 3.8) is 0 Å². The van der Waals surface area contributed by atoms with Crippen molar-refractivity contribution in [1.82, 2.24) is 15.3 Å². The number of likely N-dealkylation sites (tertiary alicyclic amines) is 1. The first kappa shape index (κ1) is 17.2. The molecule has 0 spiro atoms. The third kappa shape index (κ3) is 2.83. The summed E-state index contributed by atoms with van der Waals surface area (Å²) in [7, 11) is 0. The molecule has 3 amide bonds. The Hall–Kier alpha value is -2.59. The highest BCUT2D eigenvalue weighted by molar-refractivity contribution is 6.00. The van der Waals surface area contributed by atoms with Crippen LogP contribution in [0.1, 0.15) is 25.0 Å². The number of amides is 3. The fourth-order valence-corrected chi connectivity index (χ4v) is 3.66. The number of carboxylic acid groups (broad SMARTS) is 1. The average Bonchev–Trinajstić information content (AvgIpc) is 3.20. The third-order valence-electron chi connectivity index (χ3n) is 4.92. The maximum atomic E-state index is 13.1. The Balaban J connectivity index is 1.90. The van der Waals surface area contributed by atoms with Gasteiger partial charge in [0.25, 0.3) is 0 Å².